The molecule has 1 rings (SSSR count). The molecule has 0 bridgehead atoms. The van der Waals surface area contributed by atoms with Crippen LogP contribution in [0.15, 0.2) is 6.20 Å². The van der Waals surface area contributed by atoms with Crippen molar-refractivity contribution < 1.29 is 17.9 Å². The van der Waals surface area contributed by atoms with Crippen molar-refractivity contribution >= 4 is 21.9 Å². The second-order valence-corrected chi connectivity index (χ2v) is 5.78. The average Bonchev–Trinajstić information content (AvgIpc) is 2.71. The van der Waals surface area contributed by atoms with Crippen LogP contribution in [0.2, 0.25) is 0 Å². The number of hydrogen-bond acceptors (Lipinski definition) is 4. The summed E-state index contributed by atoms with van der Waals surface area (Å²) in [7, 11) is -3.68. The number of aryl methyl sites for hydroxylation is 1. The van der Waals surface area contributed by atoms with Gasteiger partial charge in [0.15, 0.2) is 0 Å². The lowest BCUT2D eigenvalue weighted by Crippen LogP contribution is -2.35. The average molecular weight is 303 g/mol. The van der Waals surface area contributed by atoms with Crippen LogP contribution in [0.4, 0.5) is 5.69 Å². The van der Waals surface area contributed by atoms with Crippen LogP contribution < -0.4 is 4.72 Å². The van der Waals surface area contributed by atoms with Crippen LogP contribution in [0.1, 0.15) is 36.8 Å². The number of H-pyrrole nitrogens is 1. The standard InChI is InChI=1S/C12H21N3O4S/c1-5-15(6-2)20(17,18)14-10-8-13-9(4)11(10)12(16)19-7-3/h8,13-14H,5-7H2,1-4H3. The first-order chi connectivity index (χ1) is 9.37. The number of rotatable bonds is 7. The Balaban J connectivity index is 3.08. The highest BCUT2D eigenvalue weighted by Gasteiger charge is 2.24. The number of carbonyl (C=O) groups is 1. The predicted molar refractivity (Wildman–Crippen MR) is 76.9 cm³/mol. The van der Waals surface area contributed by atoms with Crippen molar-refractivity contribution in [3.63, 3.8) is 0 Å². The van der Waals surface area contributed by atoms with E-state index in [0.717, 1.165) is 0 Å². The minimum atomic E-state index is -3.68. The minimum Gasteiger partial charge on any atom is -0.462 e. The van der Waals surface area contributed by atoms with Crippen LogP contribution in [-0.4, -0.2) is 43.4 Å². The number of esters is 1. The molecular formula is C12H21N3O4S. The van der Waals surface area contributed by atoms with Crippen molar-refractivity contribution in [2.75, 3.05) is 24.4 Å². The fourth-order valence-corrected chi connectivity index (χ4v) is 3.09. The summed E-state index contributed by atoms with van der Waals surface area (Å²) in [4.78, 5) is 14.7. The third-order valence-corrected chi connectivity index (χ3v) is 4.52. The van der Waals surface area contributed by atoms with Crippen molar-refractivity contribution in [2.24, 2.45) is 0 Å². The Hall–Kier alpha value is -1.54. The van der Waals surface area contributed by atoms with Crippen molar-refractivity contribution in [1.29, 1.82) is 0 Å². The summed E-state index contributed by atoms with van der Waals surface area (Å²) in [5.41, 5.74) is 0.969. The van der Waals surface area contributed by atoms with Crippen LogP contribution in [0, 0.1) is 6.92 Å². The van der Waals surface area contributed by atoms with Gasteiger partial charge in [-0.15, -0.1) is 0 Å². The van der Waals surface area contributed by atoms with Gasteiger partial charge in [-0.25, -0.2) is 4.79 Å². The molecule has 0 aromatic carbocycles. The lowest BCUT2D eigenvalue weighted by atomic mass is 10.2. The molecule has 0 aliphatic carbocycles. The van der Waals surface area contributed by atoms with Crippen molar-refractivity contribution in [1.82, 2.24) is 9.29 Å². The zero-order chi connectivity index (χ0) is 15.3. The summed E-state index contributed by atoms with van der Waals surface area (Å²) >= 11 is 0. The van der Waals surface area contributed by atoms with Crippen molar-refractivity contribution in [3.8, 4) is 0 Å². The van der Waals surface area contributed by atoms with Gasteiger partial charge >= 0.3 is 16.2 Å². The van der Waals surface area contributed by atoms with E-state index in [1.54, 1.807) is 27.7 Å². The Morgan fingerprint density at radius 1 is 1.35 bits per heavy atom. The van der Waals surface area contributed by atoms with E-state index in [9.17, 15) is 13.2 Å². The van der Waals surface area contributed by atoms with Crippen molar-refractivity contribution in [3.05, 3.63) is 17.5 Å². The number of nitrogens with zero attached hydrogens (tertiary/aromatic N) is 1. The molecule has 0 saturated heterocycles. The molecule has 0 fully saturated rings. The predicted octanol–water partition coefficient (Wildman–Crippen LogP) is 1.50. The molecule has 1 aromatic heterocycles. The lowest BCUT2D eigenvalue weighted by molar-refractivity contribution is 0.0527. The molecule has 0 atom stereocenters. The number of ether oxygens (including phenoxy) is 1. The smallest absolute Gasteiger partial charge is 0.342 e. The van der Waals surface area contributed by atoms with Crippen molar-refractivity contribution in [2.45, 2.75) is 27.7 Å². The van der Waals surface area contributed by atoms with Gasteiger partial charge in [-0.3, -0.25) is 4.72 Å². The fraction of sp³-hybridized carbons (Fsp3) is 0.583. The molecule has 0 aliphatic rings. The normalized spacial score (nSPS) is 11.7. The van der Waals surface area contributed by atoms with E-state index in [2.05, 4.69) is 9.71 Å². The summed E-state index contributed by atoms with van der Waals surface area (Å²) in [6, 6.07) is 0. The van der Waals surface area contributed by atoms with E-state index in [1.165, 1.54) is 10.5 Å². The molecular weight excluding hydrogens is 282 g/mol. The zero-order valence-corrected chi connectivity index (χ0v) is 13.0. The molecule has 1 heterocycles. The summed E-state index contributed by atoms with van der Waals surface area (Å²) in [6.07, 6.45) is 1.45. The molecule has 0 amide bonds. The minimum absolute atomic E-state index is 0.202. The monoisotopic (exact) mass is 303 g/mol. The number of aromatic amines is 1. The molecule has 2 N–H and O–H groups in total. The fourth-order valence-electron chi connectivity index (χ4n) is 1.84. The topological polar surface area (TPSA) is 91.5 Å². The highest BCUT2D eigenvalue weighted by Crippen LogP contribution is 2.22. The Kier molecular flexibility index (Phi) is 5.58. The van der Waals surface area contributed by atoms with E-state index in [1.807, 2.05) is 0 Å². The van der Waals surface area contributed by atoms with Gasteiger partial charge in [0.2, 0.25) is 0 Å². The third-order valence-electron chi connectivity index (χ3n) is 2.84. The van der Waals surface area contributed by atoms with Gasteiger partial charge in [-0.1, -0.05) is 13.8 Å². The molecule has 0 saturated carbocycles. The maximum atomic E-state index is 12.2. The molecule has 8 heteroatoms. The Morgan fingerprint density at radius 2 is 1.95 bits per heavy atom. The molecule has 0 aliphatic heterocycles. The van der Waals surface area contributed by atoms with Gasteiger partial charge in [-0.05, 0) is 13.8 Å². The van der Waals surface area contributed by atoms with Crippen LogP contribution in [0.25, 0.3) is 0 Å². The van der Waals surface area contributed by atoms with Crippen LogP contribution in [0.5, 0.6) is 0 Å². The molecule has 0 spiro atoms. The van der Waals surface area contributed by atoms with E-state index < -0.39 is 16.2 Å². The van der Waals surface area contributed by atoms with Gasteiger partial charge < -0.3 is 9.72 Å². The molecule has 1 aromatic rings. The number of nitrogens with one attached hydrogen (secondary N) is 2. The van der Waals surface area contributed by atoms with Crippen LogP contribution in [0.3, 0.4) is 0 Å². The lowest BCUT2D eigenvalue weighted by Gasteiger charge is -2.19. The van der Waals surface area contributed by atoms with E-state index in [0.29, 0.717) is 18.8 Å². The SMILES string of the molecule is CCOC(=O)c1c(NS(=O)(=O)N(CC)CC)c[nH]c1C. The van der Waals surface area contributed by atoms with E-state index >= 15 is 0 Å². The quantitative estimate of drug-likeness (QED) is 0.747. The number of anilines is 1. The first kappa shape index (κ1) is 16.5. The highest BCUT2D eigenvalue weighted by atomic mass is 32.2. The second kappa shape index (κ2) is 6.76. The first-order valence-corrected chi connectivity index (χ1v) is 7.94. The van der Waals surface area contributed by atoms with E-state index in [-0.39, 0.29) is 17.9 Å². The summed E-state index contributed by atoms with van der Waals surface area (Å²) in [5.74, 6) is -0.552. The van der Waals surface area contributed by atoms with Gasteiger partial charge in [0, 0.05) is 25.0 Å². The van der Waals surface area contributed by atoms with Gasteiger partial charge in [0.25, 0.3) is 0 Å². The number of hydrogen-bond donors (Lipinski definition) is 2. The van der Waals surface area contributed by atoms with Gasteiger partial charge in [0.1, 0.15) is 5.56 Å². The first-order valence-electron chi connectivity index (χ1n) is 6.50. The molecule has 0 radical (unpaired) electrons. The van der Waals surface area contributed by atoms with Gasteiger partial charge in [-0.2, -0.15) is 12.7 Å². The largest absolute Gasteiger partial charge is 0.462 e. The molecule has 0 unspecified atom stereocenters. The molecule has 114 valence electrons. The molecule has 20 heavy (non-hydrogen) atoms. The Labute approximate surface area is 119 Å². The molecule has 7 nitrogen and oxygen atoms in total. The number of aromatic nitrogens is 1. The maximum absolute atomic E-state index is 12.2. The van der Waals surface area contributed by atoms with Gasteiger partial charge in [0.05, 0.1) is 12.3 Å². The summed E-state index contributed by atoms with van der Waals surface area (Å²) < 4.78 is 32.9. The maximum Gasteiger partial charge on any atom is 0.342 e. The Bertz CT molecular complexity index is 561. The van der Waals surface area contributed by atoms with Crippen LogP contribution >= 0.6 is 0 Å². The zero-order valence-electron chi connectivity index (χ0n) is 12.2. The summed E-state index contributed by atoms with van der Waals surface area (Å²) in [5, 5.41) is 0. The third kappa shape index (κ3) is 3.51. The van der Waals surface area contributed by atoms with Crippen LogP contribution in [-0.2, 0) is 14.9 Å². The second-order valence-electron chi connectivity index (χ2n) is 4.11. The summed E-state index contributed by atoms with van der Waals surface area (Å²) in [6.45, 7) is 7.80. The number of carbonyl (C=O) groups excluding carboxylic acids is 1. The Morgan fingerprint density at radius 3 is 2.45 bits per heavy atom. The van der Waals surface area contributed by atoms with E-state index in [4.69, 9.17) is 4.74 Å². The highest BCUT2D eigenvalue weighted by molar-refractivity contribution is 7.90.